The number of rotatable bonds is 1. The zero-order chi connectivity index (χ0) is 9.14. The Morgan fingerprint density at radius 1 is 1.67 bits per heavy atom. The van der Waals surface area contributed by atoms with Crippen molar-refractivity contribution in [3.05, 3.63) is 0 Å². The molecule has 2 unspecified atom stereocenters. The van der Waals surface area contributed by atoms with Crippen molar-refractivity contribution in [1.82, 2.24) is 4.90 Å². The van der Waals surface area contributed by atoms with Crippen molar-refractivity contribution < 1.29 is 9.53 Å². The summed E-state index contributed by atoms with van der Waals surface area (Å²) in [5, 5.41) is 0.121. The van der Waals surface area contributed by atoms with Gasteiger partial charge in [-0.1, -0.05) is 0 Å². The lowest BCUT2D eigenvalue weighted by molar-refractivity contribution is -0.146. The topological polar surface area (TPSA) is 29.5 Å². The first-order valence-electron chi connectivity index (χ1n) is 4.09. The maximum Gasteiger partial charge on any atom is 0.309 e. The van der Waals surface area contributed by atoms with E-state index >= 15 is 0 Å². The Bertz CT molecular complexity index is 174. The first-order valence-corrected chi connectivity index (χ1v) is 4.61. The third kappa shape index (κ3) is 2.14. The van der Waals surface area contributed by atoms with Crippen molar-refractivity contribution >= 4 is 18.6 Å². The molecule has 0 N–H and O–H groups in total. The molecule has 12 heavy (non-hydrogen) atoms. The molecule has 0 amide bonds. The summed E-state index contributed by atoms with van der Waals surface area (Å²) in [6.07, 6.45) is 0.858. The normalized spacial score (nSPS) is 31.6. The van der Waals surface area contributed by atoms with Crippen LogP contribution in [0.5, 0.6) is 0 Å². The maximum absolute atomic E-state index is 11.2. The number of likely N-dealkylation sites (tertiary alicyclic amines) is 1. The third-order valence-electron chi connectivity index (χ3n) is 2.29. The molecule has 0 aliphatic carbocycles. The number of carbonyl (C=O) groups is 1. The van der Waals surface area contributed by atoms with Crippen LogP contribution in [-0.4, -0.2) is 43.4 Å². The molecule has 0 saturated carbocycles. The minimum Gasteiger partial charge on any atom is -0.469 e. The second-order valence-electron chi connectivity index (χ2n) is 3.25. The molecule has 1 saturated heterocycles. The van der Waals surface area contributed by atoms with E-state index in [2.05, 4.69) is 22.3 Å². The molecular weight excluding hydrogens is 174 g/mol. The van der Waals surface area contributed by atoms with E-state index in [-0.39, 0.29) is 17.1 Å². The molecule has 1 rings (SSSR count). The highest BCUT2D eigenvalue weighted by molar-refractivity contribution is 7.81. The Labute approximate surface area is 78.5 Å². The van der Waals surface area contributed by atoms with Crippen LogP contribution < -0.4 is 0 Å². The Balaban J connectivity index is 2.50. The highest BCUT2D eigenvalue weighted by Crippen LogP contribution is 2.22. The van der Waals surface area contributed by atoms with Gasteiger partial charge in [-0.05, 0) is 20.0 Å². The van der Waals surface area contributed by atoms with Gasteiger partial charge in [-0.2, -0.15) is 12.6 Å². The van der Waals surface area contributed by atoms with E-state index in [9.17, 15) is 4.79 Å². The van der Waals surface area contributed by atoms with Crippen LogP contribution in [0.2, 0.25) is 0 Å². The Kier molecular flexibility index (Phi) is 3.40. The lowest BCUT2D eigenvalue weighted by Crippen LogP contribution is -2.42. The number of methoxy groups -OCH3 is 1. The molecule has 1 heterocycles. The van der Waals surface area contributed by atoms with E-state index < -0.39 is 0 Å². The number of esters is 1. The van der Waals surface area contributed by atoms with Gasteiger partial charge in [0.1, 0.15) is 0 Å². The largest absolute Gasteiger partial charge is 0.469 e. The predicted octanol–water partition coefficient (Wildman–Crippen LogP) is 0.409. The molecule has 4 heteroatoms. The molecule has 1 aliphatic rings. The molecule has 3 nitrogen and oxygen atoms in total. The zero-order valence-corrected chi connectivity index (χ0v) is 8.38. The molecule has 0 aromatic rings. The van der Waals surface area contributed by atoms with E-state index in [0.717, 1.165) is 19.5 Å². The van der Waals surface area contributed by atoms with Gasteiger partial charge in [0.05, 0.1) is 13.0 Å². The number of carbonyl (C=O) groups excluding carboxylic acids is 1. The number of piperidine rings is 1. The van der Waals surface area contributed by atoms with Gasteiger partial charge in [0, 0.05) is 11.8 Å². The standard InChI is InChI=1S/C8H15NO2S/c1-9-4-3-6(7(12)5-9)8(10)11-2/h6-7,12H,3-5H2,1-2H3. The van der Waals surface area contributed by atoms with Gasteiger partial charge < -0.3 is 9.64 Å². The van der Waals surface area contributed by atoms with Crippen LogP contribution in [0.15, 0.2) is 0 Å². The van der Waals surface area contributed by atoms with E-state index in [4.69, 9.17) is 0 Å². The molecule has 0 aromatic heterocycles. The summed E-state index contributed by atoms with van der Waals surface area (Å²) < 4.78 is 4.69. The molecule has 2 atom stereocenters. The van der Waals surface area contributed by atoms with E-state index in [0.29, 0.717) is 0 Å². The Morgan fingerprint density at radius 3 is 2.83 bits per heavy atom. The Morgan fingerprint density at radius 2 is 2.33 bits per heavy atom. The average Bonchev–Trinajstić information content (AvgIpc) is 2.03. The van der Waals surface area contributed by atoms with Crippen LogP contribution in [0, 0.1) is 5.92 Å². The van der Waals surface area contributed by atoms with E-state index in [1.807, 2.05) is 7.05 Å². The van der Waals surface area contributed by atoms with Crippen molar-refractivity contribution in [2.75, 3.05) is 27.2 Å². The summed E-state index contributed by atoms with van der Waals surface area (Å²) in [4.78, 5) is 13.4. The predicted molar refractivity (Wildman–Crippen MR) is 50.4 cm³/mol. The van der Waals surface area contributed by atoms with Crippen LogP contribution in [0.3, 0.4) is 0 Å². The highest BCUT2D eigenvalue weighted by atomic mass is 32.1. The smallest absolute Gasteiger partial charge is 0.309 e. The summed E-state index contributed by atoms with van der Waals surface area (Å²) in [7, 11) is 3.47. The second kappa shape index (κ2) is 4.14. The van der Waals surface area contributed by atoms with E-state index in [1.54, 1.807) is 0 Å². The van der Waals surface area contributed by atoms with Crippen molar-refractivity contribution in [2.24, 2.45) is 5.92 Å². The fourth-order valence-corrected chi connectivity index (χ4v) is 2.07. The number of thiol groups is 1. The fourth-order valence-electron chi connectivity index (χ4n) is 1.52. The number of ether oxygens (including phenoxy) is 1. The summed E-state index contributed by atoms with van der Waals surface area (Å²) >= 11 is 4.37. The lowest BCUT2D eigenvalue weighted by Gasteiger charge is -2.32. The molecule has 0 spiro atoms. The van der Waals surface area contributed by atoms with Gasteiger partial charge in [-0.15, -0.1) is 0 Å². The van der Waals surface area contributed by atoms with Gasteiger partial charge >= 0.3 is 5.97 Å². The number of hydrogen-bond donors (Lipinski definition) is 1. The minimum atomic E-state index is -0.122. The first-order chi connectivity index (χ1) is 5.65. The summed E-state index contributed by atoms with van der Waals surface area (Å²) in [6.45, 7) is 1.82. The molecule has 70 valence electrons. The van der Waals surface area contributed by atoms with Crippen molar-refractivity contribution in [3.8, 4) is 0 Å². The van der Waals surface area contributed by atoms with Crippen LogP contribution in [-0.2, 0) is 9.53 Å². The molecule has 0 aromatic carbocycles. The van der Waals surface area contributed by atoms with Gasteiger partial charge in [0.25, 0.3) is 0 Å². The van der Waals surface area contributed by atoms with Gasteiger partial charge in [0.15, 0.2) is 0 Å². The zero-order valence-electron chi connectivity index (χ0n) is 7.49. The fraction of sp³-hybridized carbons (Fsp3) is 0.875. The summed E-state index contributed by atoms with van der Waals surface area (Å²) in [6, 6.07) is 0. The van der Waals surface area contributed by atoms with Crippen LogP contribution in [0.25, 0.3) is 0 Å². The van der Waals surface area contributed by atoms with Gasteiger partial charge in [0.2, 0.25) is 0 Å². The summed E-state index contributed by atoms with van der Waals surface area (Å²) in [5.74, 6) is -0.141. The first kappa shape index (κ1) is 9.86. The second-order valence-corrected chi connectivity index (χ2v) is 3.91. The lowest BCUT2D eigenvalue weighted by atomic mass is 9.97. The molecule has 0 bridgehead atoms. The monoisotopic (exact) mass is 189 g/mol. The molecule has 0 radical (unpaired) electrons. The molecule has 1 fully saturated rings. The quantitative estimate of drug-likeness (QED) is 0.478. The number of nitrogens with zero attached hydrogens (tertiary/aromatic N) is 1. The molecular formula is C8H15NO2S. The van der Waals surface area contributed by atoms with Gasteiger partial charge in [-0.25, -0.2) is 0 Å². The SMILES string of the molecule is COC(=O)C1CCN(C)CC1S. The molecule has 1 aliphatic heterocycles. The van der Waals surface area contributed by atoms with Crippen molar-refractivity contribution in [1.29, 1.82) is 0 Å². The van der Waals surface area contributed by atoms with E-state index in [1.165, 1.54) is 7.11 Å². The average molecular weight is 189 g/mol. The minimum absolute atomic E-state index is 0.0190. The maximum atomic E-state index is 11.2. The van der Waals surface area contributed by atoms with Crippen LogP contribution in [0.1, 0.15) is 6.42 Å². The highest BCUT2D eigenvalue weighted by Gasteiger charge is 2.31. The van der Waals surface area contributed by atoms with Crippen molar-refractivity contribution in [2.45, 2.75) is 11.7 Å². The Hall–Kier alpha value is -0.220. The van der Waals surface area contributed by atoms with Gasteiger partial charge in [-0.3, -0.25) is 4.79 Å². The number of hydrogen-bond acceptors (Lipinski definition) is 4. The third-order valence-corrected chi connectivity index (χ3v) is 2.81. The van der Waals surface area contributed by atoms with Crippen molar-refractivity contribution in [3.63, 3.8) is 0 Å². The van der Waals surface area contributed by atoms with Crippen LogP contribution >= 0.6 is 12.6 Å². The summed E-state index contributed by atoms with van der Waals surface area (Å²) in [5.41, 5.74) is 0. The van der Waals surface area contributed by atoms with Crippen LogP contribution in [0.4, 0.5) is 0 Å².